The van der Waals surface area contributed by atoms with Crippen molar-refractivity contribution in [1.82, 2.24) is 5.32 Å². The minimum Gasteiger partial charge on any atom is -0.345 e. The molecule has 0 radical (unpaired) electrons. The van der Waals surface area contributed by atoms with Crippen LogP contribution >= 0.6 is 11.6 Å². The zero-order valence-electron chi connectivity index (χ0n) is 13.6. The summed E-state index contributed by atoms with van der Waals surface area (Å²) in [5.74, 6) is -0.320. The number of amides is 1. The van der Waals surface area contributed by atoms with E-state index in [-0.39, 0.29) is 22.5 Å². The van der Waals surface area contributed by atoms with E-state index in [0.29, 0.717) is 5.69 Å². The molecule has 0 saturated carbocycles. The first-order valence-corrected chi connectivity index (χ1v) is 9.57. The van der Waals surface area contributed by atoms with Gasteiger partial charge in [0, 0.05) is 5.69 Å². The van der Waals surface area contributed by atoms with E-state index in [1.807, 2.05) is 38.1 Å². The van der Waals surface area contributed by atoms with Crippen LogP contribution in [0.2, 0.25) is 5.02 Å². The first-order valence-electron chi connectivity index (χ1n) is 7.30. The Morgan fingerprint density at radius 1 is 1.12 bits per heavy atom. The monoisotopic (exact) mass is 366 g/mol. The topological polar surface area (TPSA) is 75.3 Å². The molecular formula is C17H19ClN2O3S. The van der Waals surface area contributed by atoms with Gasteiger partial charge < -0.3 is 5.32 Å². The lowest BCUT2D eigenvalue weighted by Gasteiger charge is -2.15. The van der Waals surface area contributed by atoms with Crippen LogP contribution in [-0.4, -0.2) is 20.6 Å². The van der Waals surface area contributed by atoms with Gasteiger partial charge in [0.15, 0.2) is 0 Å². The van der Waals surface area contributed by atoms with Crippen molar-refractivity contribution in [2.45, 2.75) is 19.9 Å². The summed E-state index contributed by atoms with van der Waals surface area (Å²) in [5.41, 5.74) is 2.73. The summed E-state index contributed by atoms with van der Waals surface area (Å²) in [5, 5.41) is 3.06. The average Bonchev–Trinajstić information content (AvgIpc) is 2.46. The van der Waals surface area contributed by atoms with Gasteiger partial charge in [-0.05, 0) is 37.6 Å². The minimum absolute atomic E-state index is 0.178. The molecule has 1 amide bonds. The fourth-order valence-corrected chi connectivity index (χ4v) is 3.01. The highest BCUT2D eigenvalue weighted by Crippen LogP contribution is 2.23. The van der Waals surface area contributed by atoms with Crippen molar-refractivity contribution < 1.29 is 13.2 Å². The number of nitrogens with one attached hydrogen (secondary N) is 2. The Hall–Kier alpha value is -2.05. The molecule has 128 valence electrons. The van der Waals surface area contributed by atoms with Gasteiger partial charge in [0.2, 0.25) is 10.0 Å². The molecule has 2 rings (SSSR count). The lowest BCUT2D eigenvalue weighted by Crippen LogP contribution is -2.27. The normalized spacial score (nSPS) is 12.5. The Bertz CT molecular complexity index is 849. The van der Waals surface area contributed by atoms with Gasteiger partial charge in [-0.15, -0.1) is 0 Å². The zero-order valence-corrected chi connectivity index (χ0v) is 15.2. The van der Waals surface area contributed by atoms with Gasteiger partial charge in [-0.25, -0.2) is 8.42 Å². The molecule has 0 saturated heterocycles. The van der Waals surface area contributed by atoms with Crippen molar-refractivity contribution in [2.75, 3.05) is 11.0 Å². The number of anilines is 1. The van der Waals surface area contributed by atoms with E-state index in [4.69, 9.17) is 11.6 Å². The van der Waals surface area contributed by atoms with Crippen LogP contribution in [0, 0.1) is 6.92 Å². The maximum absolute atomic E-state index is 12.4. The summed E-state index contributed by atoms with van der Waals surface area (Å²) in [4.78, 5) is 12.4. The van der Waals surface area contributed by atoms with Gasteiger partial charge in [-0.3, -0.25) is 9.52 Å². The molecule has 0 aliphatic rings. The number of halogens is 1. The molecule has 0 heterocycles. The fourth-order valence-electron chi connectivity index (χ4n) is 2.19. The van der Waals surface area contributed by atoms with Gasteiger partial charge in [0.05, 0.1) is 22.9 Å². The SMILES string of the molecule is Cc1ccc(C(C)NC(=O)c2ccc(NS(C)(=O)=O)cc2Cl)cc1. The molecule has 2 aromatic rings. The summed E-state index contributed by atoms with van der Waals surface area (Å²) >= 11 is 6.11. The molecule has 7 heteroatoms. The number of rotatable bonds is 5. The predicted molar refractivity (Wildman–Crippen MR) is 97.0 cm³/mol. The standard InChI is InChI=1S/C17H19ClN2O3S/c1-11-4-6-13(7-5-11)12(2)19-17(21)15-9-8-14(10-16(15)18)20-24(3,22)23/h4-10,12,20H,1-3H3,(H,19,21). The Kier molecular flexibility index (Phi) is 5.51. The van der Waals surface area contributed by atoms with Crippen LogP contribution < -0.4 is 10.0 Å². The van der Waals surface area contributed by atoms with Crippen LogP contribution in [0.1, 0.15) is 34.5 Å². The second-order valence-corrected chi connectivity index (χ2v) is 7.83. The first kappa shape index (κ1) is 18.3. The number of sulfonamides is 1. The van der Waals surface area contributed by atoms with Crippen molar-refractivity contribution in [3.8, 4) is 0 Å². The Labute approximate surface area is 147 Å². The van der Waals surface area contributed by atoms with Gasteiger partial charge in [-0.2, -0.15) is 0 Å². The quantitative estimate of drug-likeness (QED) is 0.850. The van der Waals surface area contributed by atoms with E-state index < -0.39 is 10.0 Å². The second-order valence-electron chi connectivity index (χ2n) is 5.67. The predicted octanol–water partition coefficient (Wildman–Crippen LogP) is 3.51. The maximum atomic E-state index is 12.4. The van der Waals surface area contributed by atoms with Crippen molar-refractivity contribution in [3.63, 3.8) is 0 Å². The third kappa shape index (κ3) is 4.97. The molecule has 24 heavy (non-hydrogen) atoms. The van der Waals surface area contributed by atoms with Gasteiger partial charge in [0.25, 0.3) is 5.91 Å². The summed E-state index contributed by atoms with van der Waals surface area (Å²) in [7, 11) is -3.39. The molecule has 0 aliphatic carbocycles. The zero-order chi connectivity index (χ0) is 17.9. The van der Waals surface area contributed by atoms with E-state index in [1.165, 1.54) is 18.2 Å². The maximum Gasteiger partial charge on any atom is 0.253 e. The fraction of sp³-hybridized carbons (Fsp3) is 0.235. The lowest BCUT2D eigenvalue weighted by atomic mass is 10.1. The van der Waals surface area contributed by atoms with Crippen LogP contribution in [0.25, 0.3) is 0 Å². The van der Waals surface area contributed by atoms with Crippen LogP contribution in [0.3, 0.4) is 0 Å². The smallest absolute Gasteiger partial charge is 0.253 e. The first-order chi connectivity index (χ1) is 11.2. The number of benzene rings is 2. The van der Waals surface area contributed by atoms with Crippen molar-refractivity contribution >= 4 is 33.2 Å². The Balaban J connectivity index is 2.13. The number of carbonyl (C=O) groups excluding carboxylic acids is 1. The van der Waals surface area contributed by atoms with Crippen molar-refractivity contribution in [1.29, 1.82) is 0 Å². The third-order valence-electron chi connectivity index (χ3n) is 3.44. The Morgan fingerprint density at radius 3 is 2.29 bits per heavy atom. The van der Waals surface area contributed by atoms with Gasteiger partial charge >= 0.3 is 0 Å². The molecule has 0 fully saturated rings. The number of carbonyl (C=O) groups is 1. The summed E-state index contributed by atoms with van der Waals surface area (Å²) in [6, 6.07) is 12.1. The number of hydrogen-bond acceptors (Lipinski definition) is 3. The minimum atomic E-state index is -3.39. The highest BCUT2D eigenvalue weighted by molar-refractivity contribution is 7.92. The highest BCUT2D eigenvalue weighted by Gasteiger charge is 2.15. The second kappa shape index (κ2) is 7.23. The van der Waals surface area contributed by atoms with Crippen LogP contribution in [0.5, 0.6) is 0 Å². The molecule has 5 nitrogen and oxygen atoms in total. The number of hydrogen-bond donors (Lipinski definition) is 2. The molecule has 0 aromatic heterocycles. The van der Waals surface area contributed by atoms with E-state index in [9.17, 15) is 13.2 Å². The molecule has 1 atom stereocenters. The van der Waals surface area contributed by atoms with E-state index >= 15 is 0 Å². The largest absolute Gasteiger partial charge is 0.345 e. The molecule has 0 bridgehead atoms. The molecule has 2 aromatic carbocycles. The molecule has 2 N–H and O–H groups in total. The third-order valence-corrected chi connectivity index (χ3v) is 4.36. The summed E-state index contributed by atoms with van der Waals surface area (Å²) < 4.78 is 24.8. The van der Waals surface area contributed by atoms with E-state index in [0.717, 1.165) is 17.4 Å². The summed E-state index contributed by atoms with van der Waals surface area (Å²) in [6.07, 6.45) is 1.05. The molecule has 0 aliphatic heterocycles. The average molecular weight is 367 g/mol. The van der Waals surface area contributed by atoms with Crippen LogP contribution in [0.15, 0.2) is 42.5 Å². The number of aryl methyl sites for hydroxylation is 1. The lowest BCUT2D eigenvalue weighted by molar-refractivity contribution is 0.0940. The molecular weight excluding hydrogens is 348 g/mol. The Morgan fingerprint density at radius 2 is 1.75 bits per heavy atom. The van der Waals surface area contributed by atoms with Gasteiger partial charge in [-0.1, -0.05) is 41.4 Å². The summed E-state index contributed by atoms with van der Waals surface area (Å²) in [6.45, 7) is 3.88. The highest BCUT2D eigenvalue weighted by atomic mass is 35.5. The molecule has 0 spiro atoms. The van der Waals surface area contributed by atoms with Crippen LogP contribution in [-0.2, 0) is 10.0 Å². The van der Waals surface area contributed by atoms with Crippen LogP contribution in [0.4, 0.5) is 5.69 Å². The molecule has 1 unspecified atom stereocenters. The van der Waals surface area contributed by atoms with Gasteiger partial charge in [0.1, 0.15) is 0 Å². The van der Waals surface area contributed by atoms with E-state index in [2.05, 4.69) is 10.0 Å². The van der Waals surface area contributed by atoms with Crippen molar-refractivity contribution in [2.24, 2.45) is 0 Å². The van der Waals surface area contributed by atoms with Crippen molar-refractivity contribution in [3.05, 3.63) is 64.2 Å². The van der Waals surface area contributed by atoms with E-state index in [1.54, 1.807) is 0 Å².